The van der Waals surface area contributed by atoms with Crippen molar-refractivity contribution in [2.45, 2.75) is 141 Å². The first-order chi connectivity index (χ1) is 16.3. The van der Waals surface area contributed by atoms with E-state index in [2.05, 4.69) is 83.1 Å². The van der Waals surface area contributed by atoms with Crippen LogP contribution in [-0.4, -0.2) is 0 Å². The first-order valence-electron chi connectivity index (χ1n) is 16.3. The van der Waals surface area contributed by atoms with E-state index in [0.717, 1.165) is 59.2 Å². The monoisotopic (exact) mass is 497 g/mol. The zero-order chi connectivity index (χ0) is 26.6. The highest BCUT2D eigenvalue weighted by Gasteiger charge is 2.67. The van der Waals surface area contributed by atoms with Crippen LogP contribution in [0.2, 0.25) is 0 Å². The van der Waals surface area contributed by atoms with Crippen LogP contribution >= 0.6 is 0 Å². The lowest BCUT2D eigenvalue weighted by atomic mass is 9.55. The molecule has 0 spiro atoms. The average molecular weight is 497 g/mol. The van der Waals surface area contributed by atoms with Crippen LogP contribution in [0.5, 0.6) is 0 Å². The van der Waals surface area contributed by atoms with Crippen LogP contribution < -0.4 is 0 Å². The van der Waals surface area contributed by atoms with Gasteiger partial charge >= 0.3 is 0 Å². The third-order valence-corrected chi connectivity index (χ3v) is 14.1. The predicted octanol–water partition coefficient (Wildman–Crippen LogP) is 10.9. The van der Waals surface area contributed by atoms with Gasteiger partial charge in [0.1, 0.15) is 0 Å². The molecule has 10 atom stereocenters. The van der Waals surface area contributed by atoms with Crippen LogP contribution in [0.25, 0.3) is 0 Å². The molecule has 5 fully saturated rings. The number of fused-ring (bicyclic) bond motifs is 4. The van der Waals surface area contributed by atoms with Crippen molar-refractivity contribution >= 4 is 0 Å². The molecule has 0 bridgehead atoms. The van der Waals surface area contributed by atoms with Crippen molar-refractivity contribution in [3.05, 3.63) is 0 Å². The summed E-state index contributed by atoms with van der Waals surface area (Å²) in [6, 6.07) is 0. The van der Waals surface area contributed by atoms with Gasteiger partial charge in [-0.1, -0.05) is 83.1 Å². The van der Waals surface area contributed by atoms with E-state index in [1.807, 2.05) is 0 Å². The molecule has 0 aromatic carbocycles. The number of hydrogen-bond donors (Lipinski definition) is 0. The molecule has 5 saturated carbocycles. The summed E-state index contributed by atoms with van der Waals surface area (Å²) in [7, 11) is 0. The van der Waals surface area contributed by atoms with Crippen LogP contribution in [0, 0.1) is 86.3 Å². The summed E-state index contributed by atoms with van der Waals surface area (Å²) in [6.07, 6.45) is 13.7. The topological polar surface area (TPSA) is 0 Å². The van der Waals surface area contributed by atoms with Crippen LogP contribution in [0.1, 0.15) is 141 Å². The van der Waals surface area contributed by atoms with E-state index in [9.17, 15) is 0 Å². The molecule has 0 radical (unpaired) electrons. The molecule has 0 aliphatic heterocycles. The van der Waals surface area contributed by atoms with Gasteiger partial charge in [-0.15, -0.1) is 0 Å². The van der Waals surface area contributed by atoms with Crippen LogP contribution in [0.15, 0.2) is 0 Å². The Morgan fingerprint density at radius 1 is 0.472 bits per heavy atom. The zero-order valence-corrected chi connectivity index (χ0v) is 26.6. The quantitative estimate of drug-likeness (QED) is 0.338. The molecular weight excluding hydrogens is 432 g/mol. The average Bonchev–Trinajstić information content (AvgIpc) is 3.36. The summed E-state index contributed by atoms with van der Waals surface area (Å²) in [5.41, 5.74) is 2.48. The van der Waals surface area contributed by atoms with Crippen molar-refractivity contribution in [1.82, 2.24) is 0 Å². The second kappa shape index (κ2) is 8.50. The second-order valence-corrected chi connectivity index (χ2v) is 19.4. The van der Waals surface area contributed by atoms with Gasteiger partial charge in [0.25, 0.3) is 0 Å². The highest BCUT2D eigenvalue weighted by Crippen LogP contribution is 2.74. The Morgan fingerprint density at radius 3 is 1.31 bits per heavy atom. The van der Waals surface area contributed by atoms with Gasteiger partial charge in [0.15, 0.2) is 0 Å². The fourth-order valence-corrected chi connectivity index (χ4v) is 12.2. The Kier molecular flexibility index (Phi) is 6.51. The predicted molar refractivity (Wildman–Crippen MR) is 157 cm³/mol. The smallest absolute Gasteiger partial charge is 0.0256 e. The van der Waals surface area contributed by atoms with Gasteiger partial charge in [0.2, 0.25) is 0 Å². The summed E-state index contributed by atoms with van der Waals surface area (Å²) in [6.45, 7) is 31.1. The fraction of sp³-hybridized carbons (Fsp3) is 1.00. The minimum atomic E-state index is 0.465. The van der Waals surface area contributed by atoms with E-state index in [4.69, 9.17) is 0 Å². The summed E-state index contributed by atoms with van der Waals surface area (Å²) in [5.74, 6) is 9.77. The highest BCUT2D eigenvalue weighted by atomic mass is 14.7. The molecule has 0 heterocycles. The molecule has 0 aromatic heterocycles. The van der Waals surface area contributed by atoms with Gasteiger partial charge in [-0.3, -0.25) is 0 Å². The summed E-state index contributed by atoms with van der Waals surface area (Å²) < 4.78 is 0. The number of rotatable bonds is 1. The molecule has 5 rings (SSSR count). The summed E-state index contributed by atoms with van der Waals surface area (Å²) in [4.78, 5) is 0. The van der Waals surface area contributed by atoms with E-state index in [1.54, 1.807) is 25.7 Å². The Balaban J connectivity index is 1.55. The maximum atomic E-state index is 2.87. The molecule has 0 N–H and O–H groups in total. The van der Waals surface area contributed by atoms with Gasteiger partial charge in [-0.2, -0.15) is 0 Å². The van der Waals surface area contributed by atoms with Gasteiger partial charge in [0.05, 0.1) is 0 Å². The minimum Gasteiger partial charge on any atom is -0.0599 e. The fourth-order valence-electron chi connectivity index (χ4n) is 12.2. The SMILES string of the molecule is CC(C)(C)C1CCC2C3CCC(C(C)(C)C)CC3C(C3(C)CC(C)(C)C4CC(C(C)(C)C)CC43)C2C1. The molecule has 0 heteroatoms. The van der Waals surface area contributed by atoms with Crippen LogP contribution in [-0.2, 0) is 0 Å². The molecule has 5 aliphatic rings. The van der Waals surface area contributed by atoms with Crippen molar-refractivity contribution in [1.29, 1.82) is 0 Å². The maximum Gasteiger partial charge on any atom is -0.0256 e. The van der Waals surface area contributed by atoms with E-state index < -0.39 is 0 Å². The maximum absolute atomic E-state index is 2.87. The first-order valence-corrected chi connectivity index (χ1v) is 16.3. The zero-order valence-electron chi connectivity index (χ0n) is 26.6. The molecule has 0 amide bonds. The van der Waals surface area contributed by atoms with Crippen molar-refractivity contribution in [2.75, 3.05) is 0 Å². The molecule has 0 aromatic rings. The molecule has 36 heavy (non-hydrogen) atoms. The number of hydrogen-bond acceptors (Lipinski definition) is 0. The Hall–Kier alpha value is 0. The van der Waals surface area contributed by atoms with E-state index >= 15 is 0 Å². The van der Waals surface area contributed by atoms with Crippen molar-refractivity contribution in [2.24, 2.45) is 86.3 Å². The molecule has 208 valence electrons. The van der Waals surface area contributed by atoms with Crippen molar-refractivity contribution in [3.63, 3.8) is 0 Å². The van der Waals surface area contributed by atoms with E-state index in [1.165, 1.54) is 32.1 Å². The van der Waals surface area contributed by atoms with Gasteiger partial charge in [-0.05, 0) is 144 Å². The minimum absolute atomic E-state index is 0.465. The highest BCUT2D eigenvalue weighted by molar-refractivity contribution is 5.16. The molecule has 0 nitrogen and oxygen atoms in total. The summed E-state index contributed by atoms with van der Waals surface area (Å²) in [5, 5.41) is 0. The lowest BCUT2D eigenvalue weighted by Gasteiger charge is -2.49. The molecule has 10 unspecified atom stereocenters. The third-order valence-electron chi connectivity index (χ3n) is 14.1. The first kappa shape index (κ1) is 27.6. The lowest BCUT2D eigenvalue weighted by Crippen LogP contribution is -2.42. The second-order valence-electron chi connectivity index (χ2n) is 19.4. The third kappa shape index (κ3) is 4.37. The molecular formula is C36H64. The summed E-state index contributed by atoms with van der Waals surface area (Å²) >= 11 is 0. The Bertz CT molecular complexity index is 772. The van der Waals surface area contributed by atoms with Gasteiger partial charge < -0.3 is 0 Å². The van der Waals surface area contributed by atoms with Crippen LogP contribution in [0.3, 0.4) is 0 Å². The van der Waals surface area contributed by atoms with Crippen molar-refractivity contribution < 1.29 is 0 Å². The van der Waals surface area contributed by atoms with E-state index in [-0.39, 0.29) is 0 Å². The molecule has 5 aliphatic carbocycles. The largest absolute Gasteiger partial charge is 0.0599 e. The van der Waals surface area contributed by atoms with Gasteiger partial charge in [0, 0.05) is 0 Å². The Labute approximate surface area is 226 Å². The molecule has 0 saturated heterocycles. The van der Waals surface area contributed by atoms with E-state index in [0.29, 0.717) is 27.1 Å². The van der Waals surface area contributed by atoms with Gasteiger partial charge in [-0.25, -0.2) is 0 Å². The normalized spacial score (nSPS) is 49.0. The lowest BCUT2D eigenvalue weighted by molar-refractivity contribution is -0.00794. The van der Waals surface area contributed by atoms with Crippen molar-refractivity contribution in [3.8, 4) is 0 Å². The van der Waals surface area contributed by atoms with Crippen LogP contribution in [0.4, 0.5) is 0 Å². The Morgan fingerprint density at radius 2 is 0.889 bits per heavy atom. The standard InChI is InChI=1S/C36H64/c1-32(2,3)22-13-15-25-26-16-14-23(33(4,5)6)18-28(26)31(27(25)17-22)36(12)21-35(10,11)29-19-24(20-30(29)36)34(7,8)9/h22-31H,13-21H2,1-12H3.